The molecule has 1 amide bonds. The molecule has 0 rings (SSSR count). The third kappa shape index (κ3) is 9.27. The Morgan fingerprint density at radius 2 is 1.88 bits per heavy atom. The number of allylic oxidation sites excluding steroid dienone is 4. The summed E-state index contributed by atoms with van der Waals surface area (Å²) in [6.07, 6.45) is -1.29. The summed E-state index contributed by atoms with van der Waals surface area (Å²) in [5.74, 6) is -0.267. The first-order chi connectivity index (χ1) is 11.0. The number of hydrogen-bond donors (Lipinski definition) is 2. The number of halogens is 3. The summed E-state index contributed by atoms with van der Waals surface area (Å²) < 4.78 is 40.3. The van der Waals surface area contributed by atoms with E-state index in [9.17, 15) is 18.0 Å². The highest BCUT2D eigenvalue weighted by atomic mass is 19.4. The molecule has 3 N–H and O–H groups in total. The lowest BCUT2D eigenvalue weighted by molar-refractivity contribution is -0.298. The summed E-state index contributed by atoms with van der Waals surface area (Å²) in [6, 6.07) is 0. The van der Waals surface area contributed by atoms with E-state index in [0.29, 0.717) is 54.0 Å². The van der Waals surface area contributed by atoms with E-state index in [4.69, 9.17) is 5.73 Å². The van der Waals surface area contributed by atoms with Crippen molar-refractivity contribution in [2.45, 2.75) is 53.8 Å². The molecule has 0 saturated carbocycles. The van der Waals surface area contributed by atoms with Crippen LogP contribution < -0.4 is 11.1 Å². The number of primary amides is 1. The predicted octanol–water partition coefficient (Wildman–Crippen LogP) is 4.16. The Morgan fingerprint density at radius 3 is 2.29 bits per heavy atom. The van der Waals surface area contributed by atoms with Crippen LogP contribution in [-0.2, 0) is 9.53 Å². The summed E-state index contributed by atoms with van der Waals surface area (Å²) in [5, 5.41) is 3.01. The second kappa shape index (κ2) is 10.1. The molecular weight excluding hydrogens is 321 g/mol. The fourth-order valence-electron chi connectivity index (χ4n) is 1.98. The molecule has 0 aliphatic rings. The van der Waals surface area contributed by atoms with Gasteiger partial charge in [-0.3, -0.25) is 4.79 Å². The molecule has 138 valence electrons. The number of alkyl halides is 3. The van der Waals surface area contributed by atoms with Gasteiger partial charge in [0.15, 0.2) is 0 Å². The van der Waals surface area contributed by atoms with Crippen LogP contribution in [0.5, 0.6) is 0 Å². The molecule has 0 aromatic carbocycles. The molecule has 0 radical (unpaired) electrons. The van der Waals surface area contributed by atoms with E-state index in [0.717, 1.165) is 0 Å². The van der Waals surface area contributed by atoms with Crippen LogP contribution in [0.3, 0.4) is 0 Å². The van der Waals surface area contributed by atoms with E-state index < -0.39 is 12.3 Å². The Balaban J connectivity index is 5.37. The predicted molar refractivity (Wildman–Crippen MR) is 88.6 cm³/mol. The molecule has 0 saturated heterocycles. The van der Waals surface area contributed by atoms with Crippen LogP contribution >= 0.6 is 0 Å². The van der Waals surface area contributed by atoms with Crippen molar-refractivity contribution < 1.29 is 22.7 Å². The number of nitrogens with one attached hydrogen (secondary N) is 1. The van der Waals surface area contributed by atoms with Crippen LogP contribution in [0.2, 0.25) is 0 Å². The number of nitrogens with two attached hydrogens (primary N) is 1. The fourth-order valence-corrected chi connectivity index (χ4v) is 1.98. The zero-order valence-electron chi connectivity index (χ0n) is 14.9. The average molecular weight is 348 g/mol. The van der Waals surface area contributed by atoms with Crippen molar-refractivity contribution in [2.75, 3.05) is 6.54 Å². The summed E-state index contributed by atoms with van der Waals surface area (Å²) >= 11 is 0. The van der Waals surface area contributed by atoms with Crippen molar-refractivity contribution in [1.29, 1.82) is 0 Å². The molecule has 0 unspecified atom stereocenters. The van der Waals surface area contributed by atoms with Gasteiger partial charge in [-0.05, 0) is 49.3 Å². The Bertz CT molecular complexity index is 518. The van der Waals surface area contributed by atoms with Crippen LogP contribution in [0, 0.1) is 5.92 Å². The van der Waals surface area contributed by atoms with Gasteiger partial charge >= 0.3 is 6.36 Å². The SMILES string of the molecule is CC/C=C(C/C(C)=C(/NCC(C)C)C(N)=O)\C(C)=C/OC(F)(F)F. The van der Waals surface area contributed by atoms with Crippen molar-refractivity contribution in [3.05, 3.63) is 34.8 Å². The van der Waals surface area contributed by atoms with E-state index in [1.165, 1.54) is 6.92 Å². The number of carbonyl (C=O) groups excluding carboxylic acids is 1. The van der Waals surface area contributed by atoms with Gasteiger partial charge < -0.3 is 15.8 Å². The minimum Gasteiger partial charge on any atom is -0.413 e. The zero-order valence-corrected chi connectivity index (χ0v) is 14.9. The molecule has 0 bridgehead atoms. The fraction of sp³-hybridized carbons (Fsp3) is 0.588. The van der Waals surface area contributed by atoms with Crippen molar-refractivity contribution in [1.82, 2.24) is 5.32 Å². The lowest BCUT2D eigenvalue weighted by Gasteiger charge is -2.16. The van der Waals surface area contributed by atoms with Crippen molar-refractivity contribution >= 4 is 5.91 Å². The first-order valence-corrected chi connectivity index (χ1v) is 7.82. The third-order valence-corrected chi connectivity index (χ3v) is 3.14. The highest BCUT2D eigenvalue weighted by Gasteiger charge is 2.29. The maximum absolute atomic E-state index is 12.2. The van der Waals surface area contributed by atoms with Crippen molar-refractivity contribution in [3.8, 4) is 0 Å². The minimum absolute atomic E-state index is 0.301. The summed E-state index contributed by atoms with van der Waals surface area (Å²) in [7, 11) is 0. The maximum Gasteiger partial charge on any atom is 0.572 e. The molecule has 7 heteroatoms. The standard InChI is InChI=1S/C17H27F3N2O2/c1-6-7-14(13(5)10-24-17(18,19)20)8-12(4)15(16(21)23)22-9-11(2)3/h7,10-11,22H,6,8-9H2,1-5H3,(H2,21,23)/b13-10-,14-7-,15-12+. The smallest absolute Gasteiger partial charge is 0.413 e. The molecule has 0 aromatic heterocycles. The molecule has 0 aliphatic carbocycles. The molecule has 0 aliphatic heterocycles. The topological polar surface area (TPSA) is 64.3 Å². The lowest BCUT2D eigenvalue weighted by Crippen LogP contribution is -2.30. The molecule has 0 aromatic rings. The number of carbonyl (C=O) groups is 1. The summed E-state index contributed by atoms with van der Waals surface area (Å²) in [6.45, 7) is 9.70. The number of amides is 1. The average Bonchev–Trinajstić information content (AvgIpc) is 2.42. The van der Waals surface area contributed by atoms with E-state index in [1.54, 1.807) is 13.0 Å². The van der Waals surface area contributed by atoms with Gasteiger partial charge in [-0.2, -0.15) is 0 Å². The highest BCUT2D eigenvalue weighted by Crippen LogP contribution is 2.24. The number of hydrogen-bond acceptors (Lipinski definition) is 3. The molecule has 0 spiro atoms. The van der Waals surface area contributed by atoms with Gasteiger partial charge in [-0.25, -0.2) is 0 Å². The van der Waals surface area contributed by atoms with Crippen molar-refractivity contribution in [2.24, 2.45) is 11.7 Å². The van der Waals surface area contributed by atoms with E-state index in [-0.39, 0.29) is 0 Å². The quantitative estimate of drug-likeness (QED) is 0.374. The van der Waals surface area contributed by atoms with Crippen LogP contribution in [0.25, 0.3) is 0 Å². The minimum atomic E-state index is -4.72. The Labute approximate surface area is 141 Å². The molecule has 0 atom stereocenters. The van der Waals surface area contributed by atoms with Gasteiger partial charge in [-0.1, -0.05) is 26.8 Å². The van der Waals surface area contributed by atoms with Gasteiger partial charge in [-0.15, -0.1) is 13.2 Å². The molecule has 4 nitrogen and oxygen atoms in total. The molecular formula is C17H27F3N2O2. The van der Waals surface area contributed by atoms with Gasteiger partial charge in [0.2, 0.25) is 0 Å². The monoisotopic (exact) mass is 348 g/mol. The van der Waals surface area contributed by atoms with Gasteiger partial charge in [0.25, 0.3) is 5.91 Å². The van der Waals surface area contributed by atoms with Gasteiger partial charge in [0.05, 0.1) is 12.0 Å². The first kappa shape index (κ1) is 22.1. The van der Waals surface area contributed by atoms with E-state index >= 15 is 0 Å². The Morgan fingerprint density at radius 1 is 1.29 bits per heavy atom. The Kier molecular flexibility index (Phi) is 9.25. The third-order valence-electron chi connectivity index (χ3n) is 3.14. The first-order valence-electron chi connectivity index (χ1n) is 7.82. The lowest BCUT2D eigenvalue weighted by atomic mass is 9.98. The zero-order chi connectivity index (χ0) is 18.9. The maximum atomic E-state index is 12.2. The Hall–Kier alpha value is -1.92. The molecule has 0 fully saturated rings. The van der Waals surface area contributed by atoms with E-state index in [2.05, 4.69) is 10.1 Å². The largest absolute Gasteiger partial charge is 0.572 e. The summed E-state index contributed by atoms with van der Waals surface area (Å²) in [5.41, 5.74) is 7.37. The summed E-state index contributed by atoms with van der Waals surface area (Å²) in [4.78, 5) is 11.6. The van der Waals surface area contributed by atoms with Crippen LogP contribution in [0.4, 0.5) is 13.2 Å². The molecule has 0 heterocycles. The number of rotatable bonds is 9. The molecule has 24 heavy (non-hydrogen) atoms. The van der Waals surface area contributed by atoms with Crippen LogP contribution in [0.15, 0.2) is 34.8 Å². The van der Waals surface area contributed by atoms with Crippen LogP contribution in [0.1, 0.15) is 47.5 Å². The van der Waals surface area contributed by atoms with E-state index in [1.807, 2.05) is 20.8 Å². The van der Waals surface area contributed by atoms with Crippen LogP contribution in [-0.4, -0.2) is 18.8 Å². The second-order valence-electron chi connectivity index (χ2n) is 5.97. The number of ether oxygens (including phenoxy) is 1. The van der Waals surface area contributed by atoms with Gasteiger partial charge in [0.1, 0.15) is 0 Å². The van der Waals surface area contributed by atoms with Gasteiger partial charge in [0, 0.05) is 6.54 Å². The second-order valence-corrected chi connectivity index (χ2v) is 5.97. The normalized spacial score (nSPS) is 14.5. The van der Waals surface area contributed by atoms with Crippen molar-refractivity contribution in [3.63, 3.8) is 0 Å². The highest BCUT2D eigenvalue weighted by molar-refractivity contribution is 5.92.